The summed E-state index contributed by atoms with van der Waals surface area (Å²) in [5.41, 5.74) is 1.29. The van der Waals surface area contributed by atoms with E-state index in [1.807, 2.05) is 34.1 Å². The molecule has 0 unspecified atom stereocenters. The number of piperidine rings is 1. The highest BCUT2D eigenvalue weighted by Crippen LogP contribution is 2.38. The Balaban J connectivity index is 1.22. The molecule has 1 N–H and O–H groups in total. The van der Waals surface area contributed by atoms with E-state index >= 15 is 0 Å². The Kier molecular flexibility index (Phi) is 5.46. The second-order valence-corrected chi connectivity index (χ2v) is 9.50. The highest BCUT2D eigenvalue weighted by atomic mass is 16.5. The monoisotopic (exact) mass is 425 g/mol. The number of ether oxygens (including phenoxy) is 1. The standard InChI is InChI=1S/C24H31N3O4/c28-21(25-19-7-11-26(12-8-19)22(29)17-5-6-17)15-24(9-13-31-14-10-24)27-16-18-3-1-2-4-20(18)23(27)30/h1-4,17,19H,5-16H2,(H,25,28). The Bertz CT molecular complexity index is 867. The third-order valence-electron chi connectivity index (χ3n) is 7.41. The van der Waals surface area contributed by atoms with Crippen LogP contribution in [0.15, 0.2) is 24.3 Å². The van der Waals surface area contributed by atoms with Crippen LogP contribution in [0.2, 0.25) is 0 Å². The largest absolute Gasteiger partial charge is 0.381 e. The third-order valence-corrected chi connectivity index (χ3v) is 7.41. The molecule has 0 bridgehead atoms. The average molecular weight is 426 g/mol. The van der Waals surface area contributed by atoms with E-state index in [1.54, 1.807) is 0 Å². The van der Waals surface area contributed by atoms with Gasteiger partial charge in [-0.3, -0.25) is 14.4 Å². The summed E-state index contributed by atoms with van der Waals surface area (Å²) in [5.74, 6) is 0.564. The normalized spacial score (nSPS) is 23.5. The number of carbonyl (C=O) groups excluding carboxylic acids is 3. The smallest absolute Gasteiger partial charge is 0.254 e. The molecule has 3 amide bonds. The van der Waals surface area contributed by atoms with Crippen molar-refractivity contribution < 1.29 is 19.1 Å². The van der Waals surface area contributed by atoms with Gasteiger partial charge in [0.15, 0.2) is 0 Å². The molecule has 5 rings (SSSR count). The fraction of sp³-hybridized carbons (Fsp3) is 0.625. The van der Waals surface area contributed by atoms with Crippen LogP contribution >= 0.6 is 0 Å². The van der Waals surface area contributed by atoms with Gasteiger partial charge in [0.2, 0.25) is 11.8 Å². The Morgan fingerprint density at radius 3 is 2.45 bits per heavy atom. The van der Waals surface area contributed by atoms with E-state index in [9.17, 15) is 14.4 Å². The van der Waals surface area contributed by atoms with Crippen molar-refractivity contribution in [1.82, 2.24) is 15.1 Å². The van der Waals surface area contributed by atoms with Crippen LogP contribution in [-0.4, -0.2) is 65.4 Å². The summed E-state index contributed by atoms with van der Waals surface area (Å²) >= 11 is 0. The summed E-state index contributed by atoms with van der Waals surface area (Å²) in [6.45, 7) is 3.13. The Hall–Kier alpha value is -2.41. The maximum Gasteiger partial charge on any atom is 0.254 e. The SMILES string of the molecule is O=C(CC1(N2Cc3ccccc3C2=O)CCOCC1)NC1CCN(C(=O)C2CC2)CC1. The fourth-order valence-corrected chi connectivity index (χ4v) is 5.34. The number of rotatable bonds is 5. The number of fused-ring (bicyclic) bond motifs is 1. The van der Waals surface area contributed by atoms with E-state index in [4.69, 9.17) is 4.74 Å². The lowest BCUT2D eigenvalue weighted by Crippen LogP contribution is -2.55. The van der Waals surface area contributed by atoms with Gasteiger partial charge in [0.1, 0.15) is 0 Å². The van der Waals surface area contributed by atoms with E-state index in [0.29, 0.717) is 39.0 Å². The number of carbonyl (C=O) groups is 3. The van der Waals surface area contributed by atoms with Gasteiger partial charge in [0, 0.05) is 50.4 Å². The molecule has 1 saturated carbocycles. The van der Waals surface area contributed by atoms with Gasteiger partial charge in [-0.15, -0.1) is 0 Å². The molecule has 1 aliphatic carbocycles. The van der Waals surface area contributed by atoms with Crippen LogP contribution in [0, 0.1) is 5.92 Å². The van der Waals surface area contributed by atoms with Gasteiger partial charge in [-0.05, 0) is 50.2 Å². The summed E-state index contributed by atoms with van der Waals surface area (Å²) in [5, 5.41) is 3.20. The third kappa shape index (κ3) is 4.07. The molecule has 4 aliphatic rings. The van der Waals surface area contributed by atoms with Gasteiger partial charge in [-0.25, -0.2) is 0 Å². The van der Waals surface area contributed by atoms with Crippen molar-refractivity contribution in [2.75, 3.05) is 26.3 Å². The molecule has 7 heteroatoms. The predicted molar refractivity (Wildman–Crippen MR) is 114 cm³/mol. The molecule has 3 fully saturated rings. The maximum atomic E-state index is 13.1. The van der Waals surface area contributed by atoms with E-state index in [0.717, 1.165) is 49.9 Å². The summed E-state index contributed by atoms with van der Waals surface area (Å²) < 4.78 is 5.58. The number of hydrogen-bond acceptors (Lipinski definition) is 4. The molecule has 3 heterocycles. The molecule has 3 aliphatic heterocycles. The molecule has 2 saturated heterocycles. The molecule has 1 aromatic rings. The topological polar surface area (TPSA) is 79.0 Å². The zero-order valence-corrected chi connectivity index (χ0v) is 18.0. The minimum atomic E-state index is -0.499. The van der Waals surface area contributed by atoms with Crippen molar-refractivity contribution in [1.29, 1.82) is 0 Å². The van der Waals surface area contributed by atoms with E-state index < -0.39 is 5.54 Å². The number of amides is 3. The summed E-state index contributed by atoms with van der Waals surface area (Å²) in [4.78, 5) is 42.4. The van der Waals surface area contributed by atoms with Crippen LogP contribution in [0.4, 0.5) is 0 Å². The van der Waals surface area contributed by atoms with Crippen molar-refractivity contribution in [3.05, 3.63) is 35.4 Å². The van der Waals surface area contributed by atoms with E-state index in [2.05, 4.69) is 5.32 Å². The van der Waals surface area contributed by atoms with Crippen LogP contribution < -0.4 is 5.32 Å². The van der Waals surface area contributed by atoms with E-state index in [1.165, 1.54) is 0 Å². The number of hydrogen-bond donors (Lipinski definition) is 1. The van der Waals surface area contributed by atoms with Crippen molar-refractivity contribution in [2.24, 2.45) is 5.92 Å². The summed E-state index contributed by atoms with van der Waals surface area (Å²) in [6.07, 6.45) is 5.31. The number of likely N-dealkylation sites (tertiary alicyclic amines) is 1. The van der Waals surface area contributed by atoms with Gasteiger partial charge < -0.3 is 19.9 Å². The molecule has 7 nitrogen and oxygen atoms in total. The Labute approximate surface area is 183 Å². The molecule has 0 spiro atoms. The van der Waals surface area contributed by atoms with Crippen LogP contribution in [-0.2, 0) is 20.9 Å². The van der Waals surface area contributed by atoms with Crippen molar-refractivity contribution >= 4 is 17.7 Å². The lowest BCUT2D eigenvalue weighted by molar-refractivity contribution is -0.133. The Morgan fingerprint density at radius 1 is 1.06 bits per heavy atom. The van der Waals surface area contributed by atoms with Crippen LogP contribution in [0.25, 0.3) is 0 Å². The molecular formula is C24H31N3O4. The lowest BCUT2D eigenvalue weighted by atomic mass is 9.84. The quantitative estimate of drug-likeness (QED) is 0.784. The summed E-state index contributed by atoms with van der Waals surface area (Å²) in [6, 6.07) is 7.82. The van der Waals surface area contributed by atoms with Gasteiger partial charge in [0.25, 0.3) is 5.91 Å². The molecule has 0 atom stereocenters. The Morgan fingerprint density at radius 2 is 1.77 bits per heavy atom. The fourth-order valence-electron chi connectivity index (χ4n) is 5.34. The second-order valence-electron chi connectivity index (χ2n) is 9.50. The zero-order chi connectivity index (χ0) is 21.4. The highest BCUT2D eigenvalue weighted by Gasteiger charge is 2.46. The minimum Gasteiger partial charge on any atom is -0.381 e. The summed E-state index contributed by atoms with van der Waals surface area (Å²) in [7, 11) is 0. The molecular weight excluding hydrogens is 394 g/mol. The first-order chi connectivity index (χ1) is 15.1. The molecule has 31 heavy (non-hydrogen) atoms. The molecule has 1 aromatic carbocycles. The minimum absolute atomic E-state index is 0.00220. The first kappa shape index (κ1) is 20.5. The first-order valence-corrected chi connectivity index (χ1v) is 11.6. The predicted octanol–water partition coefficient (Wildman–Crippen LogP) is 2.10. The van der Waals surface area contributed by atoms with Gasteiger partial charge >= 0.3 is 0 Å². The van der Waals surface area contributed by atoms with Gasteiger partial charge in [-0.2, -0.15) is 0 Å². The van der Waals surface area contributed by atoms with Crippen LogP contribution in [0.3, 0.4) is 0 Å². The molecule has 0 aromatic heterocycles. The van der Waals surface area contributed by atoms with Crippen molar-refractivity contribution in [3.8, 4) is 0 Å². The van der Waals surface area contributed by atoms with Crippen molar-refractivity contribution in [3.63, 3.8) is 0 Å². The van der Waals surface area contributed by atoms with Gasteiger partial charge in [0.05, 0.1) is 12.0 Å². The molecule has 0 radical (unpaired) electrons. The average Bonchev–Trinajstić information content (AvgIpc) is 3.58. The van der Waals surface area contributed by atoms with E-state index in [-0.39, 0.29) is 29.7 Å². The second kappa shape index (κ2) is 8.26. The number of nitrogens with one attached hydrogen (secondary N) is 1. The van der Waals surface area contributed by atoms with Crippen LogP contribution in [0.5, 0.6) is 0 Å². The lowest BCUT2D eigenvalue weighted by Gasteiger charge is -2.44. The maximum absolute atomic E-state index is 13.1. The van der Waals surface area contributed by atoms with Crippen molar-refractivity contribution in [2.45, 2.75) is 63.1 Å². The zero-order valence-electron chi connectivity index (χ0n) is 18.0. The molecule has 166 valence electrons. The van der Waals surface area contributed by atoms with Gasteiger partial charge in [-0.1, -0.05) is 18.2 Å². The first-order valence-electron chi connectivity index (χ1n) is 11.6. The number of nitrogens with zero attached hydrogens (tertiary/aromatic N) is 2. The highest BCUT2D eigenvalue weighted by molar-refractivity contribution is 5.99. The van der Waals surface area contributed by atoms with Crippen LogP contribution in [0.1, 0.15) is 60.9 Å². The number of benzene rings is 1.